The van der Waals surface area contributed by atoms with Crippen molar-refractivity contribution in [3.05, 3.63) is 28.8 Å². The molecule has 0 aromatic heterocycles. The van der Waals surface area contributed by atoms with Gasteiger partial charge in [0.2, 0.25) is 12.5 Å². The average Bonchev–Trinajstić information content (AvgIpc) is 3.20. The van der Waals surface area contributed by atoms with Crippen LogP contribution in [-0.4, -0.2) is 49.6 Å². The van der Waals surface area contributed by atoms with E-state index in [1.54, 1.807) is 7.11 Å². The highest BCUT2D eigenvalue weighted by atomic mass is 16.7. The second-order valence-corrected chi connectivity index (χ2v) is 6.89. The molecule has 4 atom stereocenters. The molecule has 1 aromatic carbocycles. The lowest BCUT2D eigenvalue weighted by Gasteiger charge is -2.44. The van der Waals surface area contributed by atoms with E-state index in [0.29, 0.717) is 17.2 Å². The zero-order chi connectivity index (χ0) is 16.4. The number of hydrogen-bond donors (Lipinski definition) is 1. The standard InChI is InChI=1S/C18H21NO5/c1-19-6-5-9-3-4-11-14(15(9)19)13-10(18(20)24-11)7-12-16(17(13)21-2)23-8-22-12/h3,7,11,14-15,18,20H,4-6,8H2,1-2H3/t11-,14+,15-,18+/m1/s1. The molecule has 1 fully saturated rings. The maximum absolute atomic E-state index is 10.5. The predicted molar refractivity (Wildman–Crippen MR) is 85.4 cm³/mol. The van der Waals surface area contributed by atoms with Crippen LogP contribution in [0.4, 0.5) is 0 Å². The van der Waals surface area contributed by atoms with Gasteiger partial charge >= 0.3 is 0 Å². The van der Waals surface area contributed by atoms with Gasteiger partial charge in [0.1, 0.15) is 0 Å². The van der Waals surface area contributed by atoms with E-state index >= 15 is 0 Å². The van der Waals surface area contributed by atoms with Gasteiger partial charge in [-0.3, -0.25) is 4.90 Å². The Bertz CT molecular complexity index is 731. The van der Waals surface area contributed by atoms with Gasteiger partial charge in [0.25, 0.3) is 0 Å². The minimum atomic E-state index is -0.966. The van der Waals surface area contributed by atoms with Crippen molar-refractivity contribution >= 4 is 0 Å². The molecular formula is C18H21NO5. The van der Waals surface area contributed by atoms with Gasteiger partial charge in [0.15, 0.2) is 17.8 Å². The molecule has 4 aliphatic rings. The van der Waals surface area contributed by atoms with Crippen LogP contribution in [0, 0.1) is 0 Å². The third-order valence-corrected chi connectivity index (χ3v) is 5.76. The zero-order valence-electron chi connectivity index (χ0n) is 13.8. The Balaban J connectivity index is 1.74. The van der Waals surface area contributed by atoms with Crippen LogP contribution < -0.4 is 14.2 Å². The monoisotopic (exact) mass is 331 g/mol. The van der Waals surface area contributed by atoms with Crippen molar-refractivity contribution in [1.82, 2.24) is 4.90 Å². The second-order valence-electron chi connectivity index (χ2n) is 6.89. The molecule has 6 heteroatoms. The molecule has 0 radical (unpaired) electrons. The van der Waals surface area contributed by atoms with Gasteiger partial charge in [0.05, 0.1) is 13.2 Å². The molecule has 0 unspecified atom stereocenters. The van der Waals surface area contributed by atoms with E-state index in [0.717, 1.165) is 30.5 Å². The van der Waals surface area contributed by atoms with Gasteiger partial charge < -0.3 is 24.1 Å². The molecule has 0 saturated carbocycles. The Labute approximate surface area is 140 Å². The van der Waals surface area contributed by atoms with E-state index in [1.807, 2.05) is 6.07 Å². The second kappa shape index (κ2) is 5.12. The summed E-state index contributed by atoms with van der Waals surface area (Å²) in [6.45, 7) is 1.22. The van der Waals surface area contributed by atoms with Gasteiger partial charge in [-0.1, -0.05) is 11.6 Å². The maximum Gasteiger partial charge on any atom is 0.231 e. The summed E-state index contributed by atoms with van der Waals surface area (Å²) in [7, 11) is 3.80. The van der Waals surface area contributed by atoms with Crippen molar-refractivity contribution in [2.24, 2.45) is 0 Å². The lowest BCUT2D eigenvalue weighted by Crippen LogP contribution is -2.45. The number of aliphatic hydroxyl groups excluding tert-OH is 1. The Hall–Kier alpha value is -1.76. The van der Waals surface area contributed by atoms with Crippen LogP contribution in [0.5, 0.6) is 17.2 Å². The lowest BCUT2D eigenvalue weighted by molar-refractivity contribution is -0.162. The summed E-state index contributed by atoms with van der Waals surface area (Å²) in [5.41, 5.74) is 3.21. The van der Waals surface area contributed by atoms with Crippen LogP contribution in [0.1, 0.15) is 36.2 Å². The van der Waals surface area contributed by atoms with Crippen LogP contribution in [-0.2, 0) is 4.74 Å². The molecule has 5 rings (SSSR count). The first kappa shape index (κ1) is 14.6. The summed E-state index contributed by atoms with van der Waals surface area (Å²) in [6.07, 6.45) is 3.17. The number of methoxy groups -OCH3 is 1. The van der Waals surface area contributed by atoms with Crippen molar-refractivity contribution < 1.29 is 24.1 Å². The number of likely N-dealkylation sites (N-methyl/N-ethyl adjacent to an activating group) is 1. The fourth-order valence-electron chi connectivity index (χ4n) is 4.74. The molecule has 1 aromatic rings. The predicted octanol–water partition coefficient (Wildman–Crippen LogP) is 1.93. The first-order valence-electron chi connectivity index (χ1n) is 8.42. The number of benzene rings is 1. The van der Waals surface area contributed by atoms with E-state index in [-0.39, 0.29) is 24.9 Å². The van der Waals surface area contributed by atoms with E-state index < -0.39 is 6.29 Å². The fourth-order valence-corrected chi connectivity index (χ4v) is 4.74. The molecule has 0 spiro atoms. The number of aliphatic hydroxyl groups is 1. The number of likely N-dealkylation sites (tertiary alicyclic amines) is 1. The van der Waals surface area contributed by atoms with Gasteiger partial charge in [-0.25, -0.2) is 0 Å². The number of hydrogen-bond acceptors (Lipinski definition) is 6. The van der Waals surface area contributed by atoms with Crippen LogP contribution >= 0.6 is 0 Å². The molecule has 0 amide bonds. The summed E-state index contributed by atoms with van der Waals surface area (Å²) in [6, 6.07) is 2.12. The molecule has 1 N–H and O–H groups in total. The number of ether oxygens (including phenoxy) is 4. The van der Waals surface area contributed by atoms with E-state index in [9.17, 15) is 5.11 Å². The van der Waals surface area contributed by atoms with Crippen molar-refractivity contribution in [3.63, 3.8) is 0 Å². The van der Waals surface area contributed by atoms with Crippen LogP contribution in [0.25, 0.3) is 0 Å². The first-order chi connectivity index (χ1) is 11.7. The third-order valence-electron chi connectivity index (χ3n) is 5.76. The third kappa shape index (κ3) is 1.82. The SMILES string of the molecule is COc1c2c(cc3c1[C@H]1[C@H]4C(=CC[C@H]1O[C@@H]3O)CCN4C)OCO2. The Morgan fingerprint density at radius 3 is 3.04 bits per heavy atom. The highest BCUT2D eigenvalue weighted by Gasteiger charge is 2.49. The van der Waals surface area contributed by atoms with E-state index in [2.05, 4.69) is 18.0 Å². The number of fused-ring (bicyclic) bond motifs is 6. The topological polar surface area (TPSA) is 60.4 Å². The van der Waals surface area contributed by atoms with Crippen molar-refractivity contribution in [1.29, 1.82) is 0 Å². The summed E-state index contributed by atoms with van der Waals surface area (Å²) in [4.78, 5) is 2.37. The molecule has 128 valence electrons. The first-order valence-corrected chi connectivity index (χ1v) is 8.42. The zero-order valence-corrected chi connectivity index (χ0v) is 13.8. The van der Waals surface area contributed by atoms with Crippen LogP contribution in [0.3, 0.4) is 0 Å². The molecule has 6 nitrogen and oxygen atoms in total. The molecular weight excluding hydrogens is 310 g/mol. The van der Waals surface area contributed by atoms with Crippen LogP contribution in [0.15, 0.2) is 17.7 Å². The van der Waals surface area contributed by atoms with E-state index in [4.69, 9.17) is 18.9 Å². The van der Waals surface area contributed by atoms with Crippen LogP contribution in [0.2, 0.25) is 0 Å². The molecule has 0 bridgehead atoms. The minimum absolute atomic E-state index is 0.0592. The molecule has 3 aliphatic heterocycles. The van der Waals surface area contributed by atoms with E-state index in [1.165, 1.54) is 5.57 Å². The highest BCUT2D eigenvalue weighted by molar-refractivity contribution is 5.63. The summed E-state index contributed by atoms with van der Waals surface area (Å²) in [5, 5.41) is 10.5. The maximum atomic E-state index is 10.5. The molecule has 1 aliphatic carbocycles. The lowest BCUT2D eigenvalue weighted by atomic mass is 9.74. The average molecular weight is 331 g/mol. The largest absolute Gasteiger partial charge is 0.492 e. The van der Waals surface area contributed by atoms with Crippen molar-refractivity contribution in [2.75, 3.05) is 27.5 Å². The molecule has 24 heavy (non-hydrogen) atoms. The summed E-state index contributed by atoms with van der Waals surface area (Å²) in [5.74, 6) is 2.05. The van der Waals surface area contributed by atoms with Gasteiger partial charge in [-0.05, 0) is 26.0 Å². The fraction of sp³-hybridized carbons (Fsp3) is 0.556. The van der Waals surface area contributed by atoms with Crippen molar-refractivity contribution in [3.8, 4) is 17.2 Å². The highest BCUT2D eigenvalue weighted by Crippen LogP contribution is 2.56. The quantitative estimate of drug-likeness (QED) is 0.794. The number of rotatable bonds is 1. The van der Waals surface area contributed by atoms with Gasteiger partial charge in [0, 0.05) is 29.6 Å². The smallest absolute Gasteiger partial charge is 0.231 e. The molecule has 3 heterocycles. The molecule has 1 saturated heterocycles. The normalized spacial score (nSPS) is 33.5. The Morgan fingerprint density at radius 2 is 2.21 bits per heavy atom. The van der Waals surface area contributed by atoms with Gasteiger partial charge in [-0.15, -0.1) is 0 Å². The summed E-state index contributed by atoms with van der Waals surface area (Å²) >= 11 is 0. The van der Waals surface area contributed by atoms with Crippen molar-refractivity contribution in [2.45, 2.75) is 37.2 Å². The summed E-state index contributed by atoms with van der Waals surface area (Å²) < 4.78 is 22.8. The number of nitrogens with zero attached hydrogens (tertiary/aromatic N) is 1. The van der Waals surface area contributed by atoms with Gasteiger partial charge in [-0.2, -0.15) is 0 Å². The Morgan fingerprint density at radius 1 is 1.33 bits per heavy atom. The minimum Gasteiger partial charge on any atom is -0.492 e. The Kier molecular flexibility index (Phi) is 3.11.